The smallest absolute Gasteiger partial charge is 0.329 e. The molecule has 2 aromatic carbocycles. The number of rotatable bonds is 8. The predicted molar refractivity (Wildman–Crippen MR) is 115 cm³/mol. The van der Waals surface area contributed by atoms with Crippen molar-refractivity contribution in [2.24, 2.45) is 0 Å². The molecule has 1 aliphatic heterocycles. The number of carbonyl (C=O) groups excluding carboxylic acids is 4. The van der Waals surface area contributed by atoms with Gasteiger partial charge >= 0.3 is 5.97 Å². The maximum atomic E-state index is 12.4. The van der Waals surface area contributed by atoms with Crippen LogP contribution in [0.2, 0.25) is 0 Å². The Labute approximate surface area is 181 Å². The quantitative estimate of drug-likeness (QED) is 0.522. The van der Waals surface area contributed by atoms with Crippen molar-refractivity contribution >= 4 is 23.7 Å². The van der Waals surface area contributed by atoms with Crippen molar-refractivity contribution in [3.63, 3.8) is 0 Å². The molecule has 0 spiro atoms. The number of benzene rings is 2. The number of fused-ring (bicyclic) bond motifs is 1. The predicted octanol–water partition coefficient (Wildman–Crippen LogP) is 2.70. The van der Waals surface area contributed by atoms with E-state index in [0.717, 1.165) is 10.5 Å². The standard InChI is InChI=1S/C24H26N2O5/c1-15(2)18-10-8-17(9-11-18)12-13-25-21(27)14-31-24(30)16(3)26-22(28)19-6-4-5-7-20(19)23(26)29/h4-11,15-16H,12-14H2,1-3H3,(H,25,27)/t16-/m0/s1. The molecule has 0 aliphatic carbocycles. The zero-order valence-corrected chi connectivity index (χ0v) is 17.9. The third kappa shape index (κ3) is 4.99. The molecular weight excluding hydrogens is 396 g/mol. The van der Waals surface area contributed by atoms with Gasteiger partial charge in [-0.3, -0.25) is 19.3 Å². The maximum absolute atomic E-state index is 12.4. The lowest BCUT2D eigenvalue weighted by Gasteiger charge is -2.20. The second-order valence-corrected chi connectivity index (χ2v) is 7.81. The number of carbonyl (C=O) groups is 4. The van der Waals surface area contributed by atoms with Crippen molar-refractivity contribution in [2.45, 2.75) is 39.2 Å². The molecule has 7 heteroatoms. The van der Waals surface area contributed by atoms with E-state index < -0.39 is 36.3 Å². The van der Waals surface area contributed by atoms with Crippen LogP contribution in [0.15, 0.2) is 48.5 Å². The van der Waals surface area contributed by atoms with E-state index in [1.807, 2.05) is 12.1 Å². The van der Waals surface area contributed by atoms with Gasteiger partial charge < -0.3 is 10.1 Å². The highest BCUT2D eigenvalue weighted by Gasteiger charge is 2.41. The van der Waals surface area contributed by atoms with Crippen LogP contribution in [0, 0.1) is 0 Å². The Hall–Kier alpha value is -3.48. The van der Waals surface area contributed by atoms with Crippen molar-refractivity contribution < 1.29 is 23.9 Å². The van der Waals surface area contributed by atoms with E-state index in [4.69, 9.17) is 4.74 Å². The first-order valence-corrected chi connectivity index (χ1v) is 10.3. The fraction of sp³-hybridized carbons (Fsp3) is 0.333. The molecule has 1 aliphatic rings. The third-order valence-corrected chi connectivity index (χ3v) is 5.28. The van der Waals surface area contributed by atoms with E-state index >= 15 is 0 Å². The lowest BCUT2D eigenvalue weighted by atomic mass is 10.0. The molecule has 1 heterocycles. The molecular formula is C24H26N2O5. The number of imide groups is 1. The summed E-state index contributed by atoms with van der Waals surface area (Å²) < 4.78 is 5.02. The highest BCUT2D eigenvalue weighted by atomic mass is 16.5. The van der Waals surface area contributed by atoms with Gasteiger partial charge in [0.25, 0.3) is 17.7 Å². The van der Waals surface area contributed by atoms with Gasteiger partial charge in [-0.05, 0) is 42.5 Å². The number of esters is 1. The fourth-order valence-corrected chi connectivity index (χ4v) is 3.39. The Balaban J connectivity index is 1.44. The minimum Gasteiger partial charge on any atom is -0.454 e. The topological polar surface area (TPSA) is 92.8 Å². The number of hydrogen-bond acceptors (Lipinski definition) is 5. The van der Waals surface area contributed by atoms with Crippen LogP contribution < -0.4 is 5.32 Å². The summed E-state index contributed by atoms with van der Waals surface area (Å²) in [6.45, 7) is 5.60. The number of amides is 3. The summed E-state index contributed by atoms with van der Waals surface area (Å²) in [6.07, 6.45) is 0.656. The second-order valence-electron chi connectivity index (χ2n) is 7.81. The fourth-order valence-electron chi connectivity index (χ4n) is 3.39. The molecule has 2 aromatic rings. The van der Waals surface area contributed by atoms with Gasteiger partial charge in [0.1, 0.15) is 6.04 Å². The number of nitrogens with zero attached hydrogens (tertiary/aromatic N) is 1. The molecule has 0 radical (unpaired) electrons. The summed E-state index contributed by atoms with van der Waals surface area (Å²) in [5.41, 5.74) is 2.87. The molecule has 1 N–H and O–H groups in total. The van der Waals surface area contributed by atoms with Gasteiger partial charge in [0.05, 0.1) is 11.1 Å². The minimum atomic E-state index is -1.13. The number of ether oxygens (including phenoxy) is 1. The molecule has 0 fully saturated rings. The Kier molecular flexibility index (Phi) is 6.84. The van der Waals surface area contributed by atoms with Crippen LogP contribution in [0.5, 0.6) is 0 Å². The van der Waals surface area contributed by atoms with Crippen molar-refractivity contribution in [3.8, 4) is 0 Å². The molecule has 31 heavy (non-hydrogen) atoms. The minimum absolute atomic E-state index is 0.256. The van der Waals surface area contributed by atoms with Gasteiger partial charge in [-0.25, -0.2) is 4.79 Å². The van der Waals surface area contributed by atoms with Gasteiger partial charge in [0.15, 0.2) is 6.61 Å². The Bertz CT molecular complexity index is 962. The van der Waals surface area contributed by atoms with Crippen LogP contribution in [0.3, 0.4) is 0 Å². The number of hydrogen-bond donors (Lipinski definition) is 1. The molecule has 3 rings (SSSR count). The van der Waals surface area contributed by atoms with Crippen LogP contribution in [0.4, 0.5) is 0 Å². The molecule has 0 aromatic heterocycles. The van der Waals surface area contributed by atoms with E-state index in [-0.39, 0.29) is 11.1 Å². The highest BCUT2D eigenvalue weighted by Crippen LogP contribution is 2.24. The maximum Gasteiger partial charge on any atom is 0.329 e. The summed E-state index contributed by atoms with van der Waals surface area (Å²) in [5.74, 6) is -1.88. The van der Waals surface area contributed by atoms with Crippen LogP contribution in [-0.2, 0) is 20.7 Å². The SMILES string of the molecule is CC(C)c1ccc(CCNC(=O)COC(=O)[C@H](C)N2C(=O)c3ccccc3C2=O)cc1. The normalized spacial score (nSPS) is 13.9. The van der Waals surface area contributed by atoms with E-state index in [2.05, 4.69) is 31.3 Å². The van der Waals surface area contributed by atoms with Crippen LogP contribution in [0.1, 0.15) is 58.5 Å². The summed E-state index contributed by atoms with van der Waals surface area (Å²) in [4.78, 5) is 50.1. The molecule has 0 saturated heterocycles. The van der Waals surface area contributed by atoms with E-state index in [9.17, 15) is 19.2 Å². The van der Waals surface area contributed by atoms with Gasteiger partial charge in [-0.2, -0.15) is 0 Å². The highest BCUT2D eigenvalue weighted by molar-refractivity contribution is 6.22. The molecule has 0 unspecified atom stereocenters. The van der Waals surface area contributed by atoms with Crippen molar-refractivity contribution in [3.05, 3.63) is 70.8 Å². The van der Waals surface area contributed by atoms with E-state index in [1.165, 1.54) is 24.6 Å². The van der Waals surface area contributed by atoms with Crippen molar-refractivity contribution in [1.82, 2.24) is 10.2 Å². The van der Waals surface area contributed by atoms with E-state index in [0.29, 0.717) is 18.9 Å². The average molecular weight is 422 g/mol. The van der Waals surface area contributed by atoms with Crippen LogP contribution in [0.25, 0.3) is 0 Å². The lowest BCUT2D eigenvalue weighted by Crippen LogP contribution is -2.44. The lowest BCUT2D eigenvalue weighted by molar-refractivity contribution is -0.151. The first-order valence-electron chi connectivity index (χ1n) is 10.3. The van der Waals surface area contributed by atoms with E-state index in [1.54, 1.807) is 12.1 Å². The molecule has 3 amide bonds. The third-order valence-electron chi connectivity index (χ3n) is 5.28. The van der Waals surface area contributed by atoms with Crippen LogP contribution >= 0.6 is 0 Å². The van der Waals surface area contributed by atoms with Gasteiger partial charge in [0.2, 0.25) is 0 Å². The van der Waals surface area contributed by atoms with Crippen molar-refractivity contribution in [1.29, 1.82) is 0 Å². The molecule has 1 atom stereocenters. The second kappa shape index (κ2) is 9.55. The molecule has 7 nitrogen and oxygen atoms in total. The molecule has 162 valence electrons. The molecule has 0 bridgehead atoms. The van der Waals surface area contributed by atoms with Gasteiger partial charge in [-0.1, -0.05) is 50.2 Å². The largest absolute Gasteiger partial charge is 0.454 e. The van der Waals surface area contributed by atoms with Crippen molar-refractivity contribution in [2.75, 3.05) is 13.2 Å². The Morgan fingerprint density at radius 1 is 0.935 bits per heavy atom. The first kappa shape index (κ1) is 22.2. The summed E-state index contributed by atoms with van der Waals surface area (Å²) in [6, 6.07) is 13.5. The summed E-state index contributed by atoms with van der Waals surface area (Å²) in [5, 5.41) is 2.70. The average Bonchev–Trinajstić information content (AvgIpc) is 3.02. The molecule has 0 saturated carbocycles. The van der Waals surface area contributed by atoms with Gasteiger partial charge in [0, 0.05) is 6.54 Å². The zero-order valence-electron chi connectivity index (χ0n) is 17.9. The summed E-state index contributed by atoms with van der Waals surface area (Å²) in [7, 11) is 0. The van der Waals surface area contributed by atoms with Gasteiger partial charge in [-0.15, -0.1) is 0 Å². The zero-order chi connectivity index (χ0) is 22.5. The Morgan fingerprint density at radius 3 is 2.06 bits per heavy atom. The first-order chi connectivity index (χ1) is 14.8. The summed E-state index contributed by atoms with van der Waals surface area (Å²) >= 11 is 0. The van der Waals surface area contributed by atoms with Crippen LogP contribution in [-0.4, -0.2) is 47.8 Å². The number of nitrogens with one attached hydrogen (secondary N) is 1. The monoisotopic (exact) mass is 422 g/mol. The Morgan fingerprint density at radius 2 is 1.52 bits per heavy atom.